The number of H-pyrrole nitrogens is 1. The predicted octanol–water partition coefficient (Wildman–Crippen LogP) is 4.13. The molecule has 0 saturated heterocycles. The third-order valence-corrected chi connectivity index (χ3v) is 3.67. The molecular weight excluding hydrogens is 297 g/mol. The highest BCUT2D eigenvalue weighted by Crippen LogP contribution is 2.32. The van der Waals surface area contributed by atoms with E-state index in [2.05, 4.69) is 9.97 Å². The van der Waals surface area contributed by atoms with Crippen molar-refractivity contribution in [3.05, 3.63) is 40.4 Å². The summed E-state index contributed by atoms with van der Waals surface area (Å²) in [6, 6.07) is 8.91. The number of hydrogen-bond donors (Lipinski definition) is 2. The lowest BCUT2D eigenvalue weighted by Gasteiger charge is -2.05. The number of nitrogens with one attached hydrogen (secondary N) is 1. The van der Waals surface area contributed by atoms with E-state index in [0.29, 0.717) is 38.3 Å². The van der Waals surface area contributed by atoms with E-state index >= 15 is 0 Å². The minimum atomic E-state index is 0.544. The highest BCUT2D eigenvalue weighted by molar-refractivity contribution is 6.39. The van der Waals surface area contributed by atoms with Crippen LogP contribution in [0.2, 0.25) is 10.0 Å². The van der Waals surface area contributed by atoms with Crippen LogP contribution in [0.1, 0.15) is 0 Å². The van der Waals surface area contributed by atoms with Crippen molar-refractivity contribution in [2.45, 2.75) is 0 Å². The van der Waals surface area contributed by atoms with E-state index in [1.807, 2.05) is 6.07 Å². The van der Waals surface area contributed by atoms with E-state index in [4.69, 9.17) is 33.7 Å². The summed E-state index contributed by atoms with van der Waals surface area (Å²) in [4.78, 5) is 7.63. The van der Waals surface area contributed by atoms with Crippen LogP contribution in [0.15, 0.2) is 30.3 Å². The molecule has 4 nitrogen and oxygen atoms in total. The molecule has 0 radical (unpaired) electrons. The van der Waals surface area contributed by atoms with Gasteiger partial charge < -0.3 is 15.5 Å². The van der Waals surface area contributed by atoms with Gasteiger partial charge in [0.15, 0.2) is 0 Å². The molecule has 3 N–H and O–H groups in total. The number of nitrogens with zero attached hydrogens (tertiary/aromatic N) is 1. The second-order valence-corrected chi connectivity index (χ2v) is 5.11. The highest BCUT2D eigenvalue weighted by atomic mass is 35.5. The first-order chi connectivity index (χ1) is 9.60. The van der Waals surface area contributed by atoms with Crippen LogP contribution in [-0.2, 0) is 0 Å². The summed E-state index contributed by atoms with van der Waals surface area (Å²) in [7, 11) is 1.58. The van der Waals surface area contributed by atoms with E-state index in [1.54, 1.807) is 31.4 Å². The Morgan fingerprint density at radius 3 is 2.55 bits per heavy atom. The number of ether oxygens (including phenoxy) is 1. The van der Waals surface area contributed by atoms with Gasteiger partial charge in [-0.05, 0) is 30.3 Å². The fourth-order valence-corrected chi connectivity index (χ4v) is 2.45. The lowest BCUT2D eigenvalue weighted by Crippen LogP contribution is -1.92. The molecule has 0 unspecified atom stereocenters. The van der Waals surface area contributed by atoms with Gasteiger partial charge in [0.25, 0.3) is 0 Å². The minimum Gasteiger partial charge on any atom is -0.495 e. The Morgan fingerprint density at radius 1 is 1.15 bits per heavy atom. The molecule has 3 rings (SSSR count). The van der Waals surface area contributed by atoms with E-state index in [1.165, 1.54) is 0 Å². The van der Waals surface area contributed by atoms with Gasteiger partial charge in [-0.15, -0.1) is 0 Å². The topological polar surface area (TPSA) is 63.9 Å². The van der Waals surface area contributed by atoms with Crippen LogP contribution in [0.25, 0.3) is 22.4 Å². The van der Waals surface area contributed by atoms with E-state index in [-0.39, 0.29) is 0 Å². The van der Waals surface area contributed by atoms with Crippen LogP contribution in [0.4, 0.5) is 5.69 Å². The molecular formula is C14H11Cl2N3O. The van der Waals surface area contributed by atoms with Gasteiger partial charge in [0.1, 0.15) is 17.1 Å². The summed E-state index contributed by atoms with van der Waals surface area (Å²) in [5, 5.41) is 1.12. The highest BCUT2D eigenvalue weighted by Gasteiger charge is 2.12. The first kappa shape index (κ1) is 13.1. The van der Waals surface area contributed by atoms with Gasteiger partial charge in [0, 0.05) is 5.56 Å². The number of anilines is 1. The molecule has 0 saturated carbocycles. The largest absolute Gasteiger partial charge is 0.495 e. The fourth-order valence-electron chi connectivity index (χ4n) is 2.05. The first-order valence-electron chi connectivity index (χ1n) is 5.87. The normalized spacial score (nSPS) is 10.9. The van der Waals surface area contributed by atoms with E-state index < -0.39 is 0 Å². The molecule has 0 fully saturated rings. The maximum atomic E-state index is 6.13. The third-order valence-electron chi connectivity index (χ3n) is 3.05. The Labute approximate surface area is 125 Å². The summed E-state index contributed by atoms with van der Waals surface area (Å²) in [5.74, 6) is 1.28. The number of rotatable bonds is 2. The number of nitrogen functional groups attached to an aromatic ring is 1. The molecule has 1 aromatic heterocycles. The fraction of sp³-hybridized carbons (Fsp3) is 0.0714. The van der Waals surface area contributed by atoms with Crippen molar-refractivity contribution in [3.8, 4) is 17.1 Å². The maximum Gasteiger partial charge on any atom is 0.141 e. The van der Waals surface area contributed by atoms with Gasteiger partial charge in [-0.2, -0.15) is 0 Å². The van der Waals surface area contributed by atoms with Gasteiger partial charge in [0.05, 0.1) is 28.4 Å². The summed E-state index contributed by atoms with van der Waals surface area (Å²) in [6.07, 6.45) is 0. The van der Waals surface area contributed by atoms with Crippen molar-refractivity contribution in [3.63, 3.8) is 0 Å². The van der Waals surface area contributed by atoms with Crippen molar-refractivity contribution in [2.75, 3.05) is 12.8 Å². The van der Waals surface area contributed by atoms with Crippen molar-refractivity contribution in [1.29, 1.82) is 0 Å². The van der Waals surface area contributed by atoms with Crippen LogP contribution in [0, 0.1) is 0 Å². The zero-order valence-corrected chi connectivity index (χ0v) is 12.1. The summed E-state index contributed by atoms with van der Waals surface area (Å²) >= 11 is 12.3. The number of imidazole rings is 1. The summed E-state index contributed by atoms with van der Waals surface area (Å²) < 4.78 is 5.14. The Balaban J connectivity index is 2.17. The van der Waals surface area contributed by atoms with Gasteiger partial charge in [0.2, 0.25) is 0 Å². The quantitative estimate of drug-likeness (QED) is 0.700. The van der Waals surface area contributed by atoms with Crippen molar-refractivity contribution in [2.24, 2.45) is 0 Å². The lowest BCUT2D eigenvalue weighted by atomic mass is 10.2. The number of aromatic nitrogens is 2. The standard InChI is InChI=1S/C14H11Cl2N3O/c1-20-11-5-2-7(6-10(11)17)14-18-12-8(15)3-4-9(16)13(12)19-14/h2-6H,17H2,1H3,(H,18,19). The van der Waals surface area contributed by atoms with Crippen LogP contribution in [-0.4, -0.2) is 17.1 Å². The Bertz CT molecular complexity index is 759. The van der Waals surface area contributed by atoms with Gasteiger partial charge in [-0.25, -0.2) is 4.98 Å². The number of nitrogens with two attached hydrogens (primary N) is 1. The second-order valence-electron chi connectivity index (χ2n) is 4.29. The van der Waals surface area contributed by atoms with Gasteiger partial charge >= 0.3 is 0 Å². The van der Waals surface area contributed by atoms with Crippen molar-refractivity contribution < 1.29 is 4.74 Å². The molecule has 0 spiro atoms. The Morgan fingerprint density at radius 2 is 1.90 bits per heavy atom. The van der Waals surface area contributed by atoms with Crippen LogP contribution in [0.5, 0.6) is 5.75 Å². The Kier molecular flexibility index (Phi) is 3.20. The molecule has 3 aromatic rings. The van der Waals surface area contributed by atoms with Crippen LogP contribution in [0.3, 0.4) is 0 Å². The number of methoxy groups -OCH3 is 1. The average molecular weight is 308 g/mol. The number of fused-ring (bicyclic) bond motifs is 1. The average Bonchev–Trinajstić information content (AvgIpc) is 2.89. The Hall–Kier alpha value is -1.91. The van der Waals surface area contributed by atoms with E-state index in [0.717, 1.165) is 5.56 Å². The minimum absolute atomic E-state index is 0.544. The molecule has 0 bridgehead atoms. The number of aromatic amines is 1. The van der Waals surface area contributed by atoms with Crippen LogP contribution >= 0.6 is 23.2 Å². The maximum absolute atomic E-state index is 6.13. The summed E-state index contributed by atoms with van der Waals surface area (Å²) in [6.45, 7) is 0. The van der Waals surface area contributed by atoms with Crippen molar-refractivity contribution in [1.82, 2.24) is 9.97 Å². The smallest absolute Gasteiger partial charge is 0.141 e. The lowest BCUT2D eigenvalue weighted by molar-refractivity contribution is 0.417. The molecule has 0 atom stereocenters. The predicted molar refractivity (Wildman–Crippen MR) is 82.5 cm³/mol. The molecule has 1 heterocycles. The van der Waals surface area contributed by atoms with Gasteiger partial charge in [-0.3, -0.25) is 0 Å². The second kappa shape index (κ2) is 4.89. The number of hydrogen-bond acceptors (Lipinski definition) is 3. The zero-order valence-electron chi connectivity index (χ0n) is 10.6. The molecule has 0 aliphatic carbocycles. The molecule has 102 valence electrons. The monoisotopic (exact) mass is 307 g/mol. The van der Waals surface area contributed by atoms with Crippen molar-refractivity contribution >= 4 is 39.9 Å². The third kappa shape index (κ3) is 2.07. The number of halogens is 2. The molecule has 6 heteroatoms. The zero-order chi connectivity index (χ0) is 14.3. The SMILES string of the molecule is COc1ccc(-c2nc3c(Cl)ccc(Cl)c3[nH]2)cc1N. The molecule has 0 aliphatic rings. The molecule has 0 amide bonds. The van der Waals surface area contributed by atoms with E-state index in [9.17, 15) is 0 Å². The molecule has 2 aromatic carbocycles. The first-order valence-corrected chi connectivity index (χ1v) is 6.63. The number of benzene rings is 2. The van der Waals surface area contributed by atoms with Crippen LogP contribution < -0.4 is 10.5 Å². The molecule has 20 heavy (non-hydrogen) atoms. The van der Waals surface area contributed by atoms with Gasteiger partial charge in [-0.1, -0.05) is 23.2 Å². The molecule has 0 aliphatic heterocycles. The summed E-state index contributed by atoms with van der Waals surface area (Å²) in [5.41, 5.74) is 8.64.